The van der Waals surface area contributed by atoms with Gasteiger partial charge in [-0.05, 0) is 12.8 Å². The molecule has 68 valence electrons. The molecule has 0 spiro atoms. The zero-order valence-corrected chi connectivity index (χ0v) is 7.63. The third-order valence-electron chi connectivity index (χ3n) is 2.48. The molecule has 3 heteroatoms. The summed E-state index contributed by atoms with van der Waals surface area (Å²) in [4.78, 5) is 0. The number of aliphatic hydroxyl groups excluding tert-OH is 1. The largest absolute Gasteiger partial charge is 0.395 e. The quantitative estimate of drug-likeness (QED) is 0.617. The van der Waals surface area contributed by atoms with Crippen molar-refractivity contribution in [2.45, 2.75) is 38.3 Å². The first-order valence-electron chi connectivity index (χ1n) is 4.08. The van der Waals surface area contributed by atoms with Crippen LogP contribution in [-0.4, -0.2) is 30.5 Å². The SMILES string of the molecule is CCC(CC)(OC)[C@@H](N)CO. The molecule has 0 aliphatic carbocycles. The molecule has 0 fully saturated rings. The summed E-state index contributed by atoms with van der Waals surface area (Å²) in [6.45, 7) is 4.01. The fourth-order valence-corrected chi connectivity index (χ4v) is 1.38. The number of hydrogen-bond donors (Lipinski definition) is 2. The molecule has 0 aromatic carbocycles. The first-order chi connectivity index (χ1) is 5.16. The maximum atomic E-state index is 8.86. The van der Waals surface area contributed by atoms with E-state index >= 15 is 0 Å². The maximum absolute atomic E-state index is 8.86. The van der Waals surface area contributed by atoms with Gasteiger partial charge in [0.05, 0.1) is 18.2 Å². The summed E-state index contributed by atoms with van der Waals surface area (Å²) in [6.07, 6.45) is 1.67. The predicted octanol–water partition coefficient (Wildman–Crippen LogP) is 0.511. The molecule has 11 heavy (non-hydrogen) atoms. The van der Waals surface area contributed by atoms with E-state index < -0.39 is 0 Å². The molecule has 0 aromatic rings. The summed E-state index contributed by atoms with van der Waals surface area (Å²) in [7, 11) is 1.64. The van der Waals surface area contributed by atoms with E-state index in [1.807, 2.05) is 13.8 Å². The fourth-order valence-electron chi connectivity index (χ4n) is 1.38. The zero-order chi connectivity index (χ0) is 8.91. The summed E-state index contributed by atoms with van der Waals surface area (Å²) in [6, 6.07) is -0.275. The number of hydrogen-bond acceptors (Lipinski definition) is 3. The van der Waals surface area contributed by atoms with Crippen molar-refractivity contribution < 1.29 is 9.84 Å². The molecule has 0 rings (SSSR count). The van der Waals surface area contributed by atoms with Gasteiger partial charge in [-0.25, -0.2) is 0 Å². The third-order valence-corrected chi connectivity index (χ3v) is 2.48. The molecule has 3 N–H and O–H groups in total. The van der Waals surface area contributed by atoms with Gasteiger partial charge in [-0.1, -0.05) is 13.8 Å². The average molecular weight is 161 g/mol. The van der Waals surface area contributed by atoms with Crippen LogP contribution in [0.5, 0.6) is 0 Å². The molecule has 0 unspecified atom stereocenters. The van der Waals surface area contributed by atoms with Gasteiger partial charge in [-0.2, -0.15) is 0 Å². The van der Waals surface area contributed by atoms with E-state index in [2.05, 4.69) is 0 Å². The summed E-state index contributed by atoms with van der Waals surface area (Å²) in [5, 5.41) is 8.86. The fraction of sp³-hybridized carbons (Fsp3) is 1.00. The van der Waals surface area contributed by atoms with Crippen molar-refractivity contribution in [3.05, 3.63) is 0 Å². The van der Waals surface area contributed by atoms with Gasteiger partial charge in [0.2, 0.25) is 0 Å². The van der Waals surface area contributed by atoms with E-state index in [9.17, 15) is 0 Å². The highest BCUT2D eigenvalue weighted by Crippen LogP contribution is 2.22. The van der Waals surface area contributed by atoms with Gasteiger partial charge >= 0.3 is 0 Å². The molecule has 0 amide bonds. The molecule has 0 aliphatic heterocycles. The van der Waals surface area contributed by atoms with Crippen LogP contribution in [0.15, 0.2) is 0 Å². The van der Waals surface area contributed by atoms with Gasteiger partial charge in [-0.3, -0.25) is 0 Å². The van der Waals surface area contributed by atoms with Crippen LogP contribution in [0.3, 0.4) is 0 Å². The summed E-state index contributed by atoms with van der Waals surface area (Å²) < 4.78 is 5.30. The third kappa shape index (κ3) is 2.15. The lowest BCUT2D eigenvalue weighted by atomic mass is 9.89. The lowest BCUT2D eigenvalue weighted by Gasteiger charge is -2.35. The highest BCUT2D eigenvalue weighted by Gasteiger charge is 2.32. The highest BCUT2D eigenvalue weighted by atomic mass is 16.5. The second kappa shape index (κ2) is 4.70. The van der Waals surface area contributed by atoms with Crippen LogP contribution in [-0.2, 0) is 4.74 Å². The van der Waals surface area contributed by atoms with Gasteiger partial charge in [0.25, 0.3) is 0 Å². The van der Waals surface area contributed by atoms with Crippen molar-refractivity contribution in [3.63, 3.8) is 0 Å². The lowest BCUT2D eigenvalue weighted by molar-refractivity contribution is -0.0494. The average Bonchev–Trinajstić information content (AvgIpc) is 2.08. The topological polar surface area (TPSA) is 55.5 Å². The van der Waals surface area contributed by atoms with Crippen molar-refractivity contribution in [1.29, 1.82) is 0 Å². The van der Waals surface area contributed by atoms with Crippen molar-refractivity contribution in [2.75, 3.05) is 13.7 Å². The first kappa shape index (κ1) is 10.9. The Balaban J connectivity index is 4.26. The number of nitrogens with two attached hydrogens (primary N) is 1. The maximum Gasteiger partial charge on any atom is 0.0846 e. The van der Waals surface area contributed by atoms with E-state index in [-0.39, 0.29) is 18.2 Å². The van der Waals surface area contributed by atoms with E-state index in [1.54, 1.807) is 7.11 Å². The Labute approximate surface area is 68.5 Å². The van der Waals surface area contributed by atoms with Crippen LogP contribution in [0.2, 0.25) is 0 Å². The van der Waals surface area contributed by atoms with Crippen LogP contribution >= 0.6 is 0 Å². The molecule has 3 nitrogen and oxygen atoms in total. The standard InChI is InChI=1S/C8H19NO2/c1-4-8(5-2,11-3)7(9)6-10/h7,10H,4-6,9H2,1-3H3/t7-/m0/s1. The lowest BCUT2D eigenvalue weighted by Crippen LogP contribution is -2.50. The van der Waals surface area contributed by atoms with Crippen molar-refractivity contribution in [2.24, 2.45) is 5.73 Å². The molecule has 0 bridgehead atoms. The van der Waals surface area contributed by atoms with Crippen LogP contribution in [0, 0.1) is 0 Å². The molecule has 1 atom stereocenters. The first-order valence-corrected chi connectivity index (χ1v) is 4.08. The summed E-state index contributed by atoms with van der Waals surface area (Å²) >= 11 is 0. The van der Waals surface area contributed by atoms with Crippen LogP contribution in [0.4, 0.5) is 0 Å². The number of ether oxygens (including phenoxy) is 1. The minimum Gasteiger partial charge on any atom is -0.395 e. The Morgan fingerprint density at radius 2 is 1.91 bits per heavy atom. The molecule has 0 heterocycles. The molecule has 0 radical (unpaired) electrons. The Morgan fingerprint density at radius 1 is 1.45 bits per heavy atom. The number of rotatable bonds is 5. The van der Waals surface area contributed by atoms with Crippen molar-refractivity contribution in [1.82, 2.24) is 0 Å². The second-order valence-electron chi connectivity index (χ2n) is 2.77. The Kier molecular flexibility index (Phi) is 4.65. The smallest absolute Gasteiger partial charge is 0.0846 e. The van der Waals surface area contributed by atoms with Crippen molar-refractivity contribution >= 4 is 0 Å². The molecule has 0 aliphatic rings. The normalized spacial score (nSPS) is 15.0. The van der Waals surface area contributed by atoms with Gasteiger partial charge in [0, 0.05) is 7.11 Å². The molecule has 0 saturated carbocycles. The van der Waals surface area contributed by atoms with Gasteiger partial charge < -0.3 is 15.6 Å². The number of methoxy groups -OCH3 is 1. The summed E-state index contributed by atoms with van der Waals surface area (Å²) in [5.74, 6) is 0. The van der Waals surface area contributed by atoms with Crippen molar-refractivity contribution in [3.8, 4) is 0 Å². The Morgan fingerprint density at radius 3 is 2.00 bits per heavy atom. The molecule has 0 saturated heterocycles. The zero-order valence-electron chi connectivity index (χ0n) is 7.63. The highest BCUT2D eigenvalue weighted by molar-refractivity contribution is 4.88. The van der Waals surface area contributed by atoms with Gasteiger partial charge in [-0.15, -0.1) is 0 Å². The van der Waals surface area contributed by atoms with Crippen LogP contribution < -0.4 is 5.73 Å². The van der Waals surface area contributed by atoms with E-state index in [0.717, 1.165) is 12.8 Å². The predicted molar refractivity (Wildman–Crippen MR) is 45.4 cm³/mol. The van der Waals surface area contributed by atoms with Crippen LogP contribution in [0.25, 0.3) is 0 Å². The molecular formula is C8H19NO2. The Bertz CT molecular complexity index is 94.0. The second-order valence-corrected chi connectivity index (χ2v) is 2.77. The summed E-state index contributed by atoms with van der Waals surface area (Å²) in [5.41, 5.74) is 5.37. The molecular weight excluding hydrogens is 142 g/mol. The van der Waals surface area contributed by atoms with Crippen LogP contribution in [0.1, 0.15) is 26.7 Å². The van der Waals surface area contributed by atoms with E-state index in [0.29, 0.717) is 0 Å². The van der Waals surface area contributed by atoms with E-state index in [1.165, 1.54) is 0 Å². The van der Waals surface area contributed by atoms with E-state index in [4.69, 9.17) is 15.6 Å². The Hall–Kier alpha value is -0.120. The minimum atomic E-state index is -0.339. The molecule has 0 aromatic heterocycles. The minimum absolute atomic E-state index is 0.0183. The van der Waals surface area contributed by atoms with Gasteiger partial charge in [0.15, 0.2) is 0 Å². The van der Waals surface area contributed by atoms with Gasteiger partial charge in [0.1, 0.15) is 0 Å². The monoisotopic (exact) mass is 161 g/mol. The number of aliphatic hydroxyl groups is 1.